The lowest BCUT2D eigenvalue weighted by Gasteiger charge is -2.24. The molecule has 1 aromatic heterocycles. The van der Waals surface area contributed by atoms with Crippen LogP contribution in [-0.2, 0) is 11.8 Å². The van der Waals surface area contributed by atoms with Gasteiger partial charge in [-0.05, 0) is 53.9 Å². The lowest BCUT2D eigenvalue weighted by Crippen LogP contribution is -2.38. The van der Waals surface area contributed by atoms with Gasteiger partial charge in [0.15, 0.2) is 0 Å². The molecule has 1 saturated heterocycles. The lowest BCUT2D eigenvalue weighted by atomic mass is 9.99. The third kappa shape index (κ3) is 3.99. The van der Waals surface area contributed by atoms with Crippen LogP contribution in [0.15, 0.2) is 11.6 Å². The van der Waals surface area contributed by atoms with Gasteiger partial charge in [-0.25, -0.2) is 0 Å². The van der Waals surface area contributed by atoms with Crippen LogP contribution in [0, 0.1) is 13.8 Å². The Kier molecular flexibility index (Phi) is 5.81. The molecule has 0 aromatic carbocycles. The Morgan fingerprint density at radius 1 is 1.45 bits per heavy atom. The number of rotatable bonds is 6. The van der Waals surface area contributed by atoms with Crippen LogP contribution in [-0.4, -0.2) is 28.5 Å². The maximum atomic E-state index is 6.04. The van der Waals surface area contributed by atoms with E-state index in [1.807, 2.05) is 11.7 Å². The van der Waals surface area contributed by atoms with Crippen molar-refractivity contribution in [1.82, 2.24) is 15.1 Å². The van der Waals surface area contributed by atoms with Crippen molar-refractivity contribution in [2.75, 3.05) is 6.61 Å². The second-order valence-corrected chi connectivity index (χ2v) is 6.82. The van der Waals surface area contributed by atoms with Crippen LogP contribution in [0.2, 0.25) is 0 Å². The number of allylic oxidation sites excluding steroid dienone is 2. The van der Waals surface area contributed by atoms with Crippen LogP contribution in [0.4, 0.5) is 0 Å². The smallest absolute Gasteiger partial charge is 0.101 e. The van der Waals surface area contributed by atoms with E-state index in [0.717, 1.165) is 25.1 Å². The van der Waals surface area contributed by atoms with Crippen LogP contribution >= 0.6 is 0 Å². The first-order valence-corrected chi connectivity index (χ1v) is 8.41. The van der Waals surface area contributed by atoms with Crippen LogP contribution in [0.25, 0.3) is 0 Å². The van der Waals surface area contributed by atoms with Crippen molar-refractivity contribution >= 4 is 0 Å². The number of hydrogen-bond acceptors (Lipinski definition) is 3. The molecular formula is C18H31N3O. The molecule has 1 aliphatic rings. The number of hydrogen-bond donors (Lipinski definition) is 1. The zero-order valence-corrected chi connectivity index (χ0v) is 14.9. The molecule has 1 aromatic rings. The molecule has 1 N–H and O–H groups in total. The van der Waals surface area contributed by atoms with E-state index in [0.29, 0.717) is 12.1 Å². The first-order chi connectivity index (χ1) is 10.4. The van der Waals surface area contributed by atoms with Gasteiger partial charge in [0.2, 0.25) is 0 Å². The van der Waals surface area contributed by atoms with E-state index in [1.165, 1.54) is 23.3 Å². The number of aryl methyl sites for hydroxylation is 2. The summed E-state index contributed by atoms with van der Waals surface area (Å²) in [5.41, 5.74) is 4.98. The number of nitrogens with one attached hydrogen (secondary N) is 1. The van der Waals surface area contributed by atoms with E-state index in [4.69, 9.17) is 4.74 Å². The van der Waals surface area contributed by atoms with Gasteiger partial charge in [0, 0.05) is 37.0 Å². The average molecular weight is 305 g/mol. The van der Waals surface area contributed by atoms with E-state index in [9.17, 15) is 0 Å². The maximum absolute atomic E-state index is 6.04. The predicted octanol–water partition coefficient (Wildman–Crippen LogP) is 3.59. The molecule has 4 nitrogen and oxygen atoms in total. The monoisotopic (exact) mass is 305 g/mol. The highest BCUT2D eigenvalue weighted by Crippen LogP contribution is 2.33. The Balaban J connectivity index is 2.00. The van der Waals surface area contributed by atoms with E-state index >= 15 is 0 Å². The quantitative estimate of drug-likeness (QED) is 0.816. The molecule has 0 unspecified atom stereocenters. The molecule has 3 atom stereocenters. The van der Waals surface area contributed by atoms with Crippen molar-refractivity contribution in [3.05, 3.63) is 28.6 Å². The molecule has 0 saturated carbocycles. The van der Waals surface area contributed by atoms with Crippen molar-refractivity contribution in [3.63, 3.8) is 0 Å². The molecule has 2 rings (SSSR count). The fourth-order valence-corrected chi connectivity index (χ4v) is 3.32. The van der Waals surface area contributed by atoms with Gasteiger partial charge in [-0.2, -0.15) is 5.10 Å². The van der Waals surface area contributed by atoms with Crippen molar-refractivity contribution in [3.8, 4) is 0 Å². The van der Waals surface area contributed by atoms with E-state index in [2.05, 4.69) is 51.1 Å². The highest BCUT2D eigenvalue weighted by molar-refractivity contribution is 5.29. The molecule has 0 bridgehead atoms. The summed E-state index contributed by atoms with van der Waals surface area (Å²) in [4.78, 5) is 0. The topological polar surface area (TPSA) is 39.1 Å². The summed E-state index contributed by atoms with van der Waals surface area (Å²) in [5, 5.41) is 8.31. The predicted molar refractivity (Wildman–Crippen MR) is 91.0 cm³/mol. The van der Waals surface area contributed by atoms with Gasteiger partial charge in [0.25, 0.3) is 0 Å². The first-order valence-electron chi connectivity index (χ1n) is 8.41. The van der Waals surface area contributed by atoms with Gasteiger partial charge >= 0.3 is 0 Å². The van der Waals surface area contributed by atoms with Crippen LogP contribution in [0.1, 0.15) is 63.1 Å². The lowest BCUT2D eigenvalue weighted by molar-refractivity contribution is 0.0955. The molecule has 0 amide bonds. The molecular weight excluding hydrogens is 274 g/mol. The number of nitrogens with zero attached hydrogens (tertiary/aromatic N) is 2. The highest BCUT2D eigenvalue weighted by Gasteiger charge is 2.33. The van der Waals surface area contributed by atoms with Crippen LogP contribution in [0.3, 0.4) is 0 Å². The van der Waals surface area contributed by atoms with Crippen molar-refractivity contribution in [1.29, 1.82) is 0 Å². The zero-order chi connectivity index (χ0) is 16.3. The highest BCUT2D eigenvalue weighted by atomic mass is 16.5. The van der Waals surface area contributed by atoms with Crippen molar-refractivity contribution in [2.45, 2.75) is 72.1 Å². The van der Waals surface area contributed by atoms with Gasteiger partial charge < -0.3 is 10.1 Å². The van der Waals surface area contributed by atoms with Gasteiger partial charge in [0.05, 0.1) is 5.69 Å². The largest absolute Gasteiger partial charge is 0.372 e. The Hall–Kier alpha value is -1.13. The minimum absolute atomic E-state index is 0.139. The minimum Gasteiger partial charge on any atom is -0.372 e. The molecule has 0 spiro atoms. The number of ether oxygens (including phenoxy) is 1. The first kappa shape index (κ1) is 17.2. The average Bonchev–Trinajstić information content (AvgIpc) is 2.95. The third-order valence-corrected chi connectivity index (χ3v) is 4.59. The van der Waals surface area contributed by atoms with Gasteiger partial charge in [-0.1, -0.05) is 11.6 Å². The fraction of sp³-hybridized carbons (Fsp3) is 0.722. The minimum atomic E-state index is 0.139. The SMILES string of the molecule is CC(C)=CCC[C@@H](C)N[C@H]1CCO[C@@H]1c1c(C)nn(C)c1C. The molecule has 0 aliphatic carbocycles. The molecule has 124 valence electrons. The molecule has 22 heavy (non-hydrogen) atoms. The summed E-state index contributed by atoms with van der Waals surface area (Å²) >= 11 is 0. The molecule has 4 heteroatoms. The molecule has 1 aliphatic heterocycles. The van der Waals surface area contributed by atoms with Gasteiger partial charge in [-0.15, -0.1) is 0 Å². The normalized spacial score (nSPS) is 22.8. The summed E-state index contributed by atoms with van der Waals surface area (Å²) in [5.74, 6) is 0. The third-order valence-electron chi connectivity index (χ3n) is 4.59. The van der Waals surface area contributed by atoms with Gasteiger partial charge in [-0.3, -0.25) is 4.68 Å². The van der Waals surface area contributed by atoms with Crippen LogP contribution < -0.4 is 5.32 Å². The second-order valence-electron chi connectivity index (χ2n) is 6.82. The van der Waals surface area contributed by atoms with Gasteiger partial charge in [0.1, 0.15) is 6.10 Å². The molecule has 0 radical (unpaired) electrons. The fourth-order valence-electron chi connectivity index (χ4n) is 3.32. The standard InChI is InChI=1S/C18H31N3O/c1-12(2)8-7-9-13(3)19-16-10-11-22-18(16)17-14(4)20-21(6)15(17)5/h8,13,16,18-19H,7,9-11H2,1-6H3/t13-,16+,18+/m1/s1. The summed E-state index contributed by atoms with van der Waals surface area (Å²) in [6, 6.07) is 0.894. The summed E-state index contributed by atoms with van der Waals surface area (Å²) in [6.07, 6.45) is 5.83. The summed E-state index contributed by atoms with van der Waals surface area (Å²) in [7, 11) is 2.01. The van der Waals surface area contributed by atoms with E-state index < -0.39 is 0 Å². The van der Waals surface area contributed by atoms with E-state index in [-0.39, 0.29) is 6.10 Å². The summed E-state index contributed by atoms with van der Waals surface area (Å²) < 4.78 is 8.00. The Bertz CT molecular complexity index is 529. The van der Waals surface area contributed by atoms with E-state index in [1.54, 1.807) is 0 Å². The van der Waals surface area contributed by atoms with Crippen LogP contribution in [0.5, 0.6) is 0 Å². The maximum Gasteiger partial charge on any atom is 0.101 e. The Morgan fingerprint density at radius 2 is 2.18 bits per heavy atom. The zero-order valence-electron chi connectivity index (χ0n) is 14.9. The second kappa shape index (κ2) is 7.42. The van der Waals surface area contributed by atoms with Crippen molar-refractivity contribution in [2.24, 2.45) is 7.05 Å². The Labute approximate surface area is 134 Å². The summed E-state index contributed by atoms with van der Waals surface area (Å²) in [6.45, 7) is 11.6. The number of aromatic nitrogens is 2. The van der Waals surface area contributed by atoms with Crippen molar-refractivity contribution < 1.29 is 4.74 Å². The Morgan fingerprint density at radius 3 is 2.77 bits per heavy atom. The molecule has 2 heterocycles. The molecule has 1 fully saturated rings.